The molecule has 142 valence electrons. The average Bonchev–Trinajstić information content (AvgIpc) is 3.26. The number of ether oxygens (including phenoxy) is 2. The van der Waals surface area contributed by atoms with E-state index in [1.165, 1.54) is 21.2 Å². The second-order valence-corrected chi connectivity index (χ2v) is 7.84. The van der Waals surface area contributed by atoms with Gasteiger partial charge in [-0.15, -0.1) is 11.3 Å². The summed E-state index contributed by atoms with van der Waals surface area (Å²) in [6.07, 6.45) is 0. The molecule has 1 atom stereocenters. The standard InChI is InChI=1S/C22H26N2O2S/c1-25-20-7-6-18-13-17(4-5-19(18)14-20)15-23-16-21(22-3-2-12-27-22)24-8-10-26-11-9-24/h2-7,12-14,21,23H,8-11,15-16H2,1H3/t21-/m1/s1. The molecule has 1 aliphatic rings. The normalized spacial score (nSPS) is 16.5. The number of nitrogens with zero attached hydrogens (tertiary/aromatic N) is 1. The quantitative estimate of drug-likeness (QED) is 0.668. The number of benzene rings is 2. The van der Waals surface area contributed by atoms with Gasteiger partial charge in [0.25, 0.3) is 0 Å². The first-order valence-electron chi connectivity index (χ1n) is 9.46. The highest BCUT2D eigenvalue weighted by Gasteiger charge is 2.23. The third-order valence-corrected chi connectivity index (χ3v) is 6.11. The van der Waals surface area contributed by atoms with E-state index in [9.17, 15) is 0 Å². The molecule has 0 unspecified atom stereocenters. The minimum absolute atomic E-state index is 0.415. The Balaban J connectivity index is 1.41. The highest BCUT2D eigenvalue weighted by atomic mass is 32.1. The molecule has 0 spiro atoms. The highest BCUT2D eigenvalue weighted by Crippen LogP contribution is 2.26. The molecule has 0 aliphatic carbocycles. The maximum Gasteiger partial charge on any atom is 0.119 e. The van der Waals surface area contributed by atoms with E-state index in [0.717, 1.165) is 45.1 Å². The fourth-order valence-corrected chi connectivity index (χ4v) is 4.50. The first-order chi connectivity index (χ1) is 13.3. The smallest absolute Gasteiger partial charge is 0.119 e. The van der Waals surface area contributed by atoms with Crippen molar-refractivity contribution in [3.05, 3.63) is 64.4 Å². The molecular formula is C22H26N2O2S. The molecule has 0 amide bonds. The van der Waals surface area contributed by atoms with Gasteiger partial charge in [0.05, 0.1) is 26.4 Å². The Kier molecular flexibility index (Phi) is 6.04. The number of hydrogen-bond acceptors (Lipinski definition) is 5. The van der Waals surface area contributed by atoms with Crippen LogP contribution in [0.2, 0.25) is 0 Å². The highest BCUT2D eigenvalue weighted by molar-refractivity contribution is 7.10. The van der Waals surface area contributed by atoms with E-state index in [2.05, 4.69) is 58.1 Å². The molecule has 4 rings (SSSR count). The molecule has 4 nitrogen and oxygen atoms in total. The zero-order chi connectivity index (χ0) is 18.5. The number of rotatable bonds is 7. The maximum absolute atomic E-state index is 5.53. The van der Waals surface area contributed by atoms with Crippen LogP contribution in [0.5, 0.6) is 5.75 Å². The van der Waals surface area contributed by atoms with E-state index in [-0.39, 0.29) is 0 Å². The van der Waals surface area contributed by atoms with Crippen LogP contribution in [0.15, 0.2) is 53.9 Å². The first-order valence-corrected chi connectivity index (χ1v) is 10.3. The van der Waals surface area contributed by atoms with Gasteiger partial charge < -0.3 is 14.8 Å². The molecule has 1 N–H and O–H groups in total. The van der Waals surface area contributed by atoms with Crippen LogP contribution in [-0.2, 0) is 11.3 Å². The predicted molar refractivity (Wildman–Crippen MR) is 112 cm³/mol. The van der Waals surface area contributed by atoms with Crippen LogP contribution in [0.25, 0.3) is 10.8 Å². The van der Waals surface area contributed by atoms with Crippen LogP contribution < -0.4 is 10.1 Å². The van der Waals surface area contributed by atoms with Crippen LogP contribution in [0.3, 0.4) is 0 Å². The third-order valence-electron chi connectivity index (χ3n) is 5.14. The Labute approximate surface area is 164 Å². The van der Waals surface area contributed by atoms with E-state index in [0.29, 0.717) is 6.04 Å². The van der Waals surface area contributed by atoms with E-state index < -0.39 is 0 Å². The minimum Gasteiger partial charge on any atom is -0.497 e. The number of hydrogen-bond donors (Lipinski definition) is 1. The van der Waals surface area contributed by atoms with Crippen molar-refractivity contribution < 1.29 is 9.47 Å². The van der Waals surface area contributed by atoms with Gasteiger partial charge in [0, 0.05) is 31.1 Å². The van der Waals surface area contributed by atoms with Gasteiger partial charge in [0.2, 0.25) is 0 Å². The van der Waals surface area contributed by atoms with Crippen LogP contribution in [0.1, 0.15) is 16.5 Å². The lowest BCUT2D eigenvalue weighted by atomic mass is 10.1. The van der Waals surface area contributed by atoms with Crippen molar-refractivity contribution >= 4 is 22.1 Å². The van der Waals surface area contributed by atoms with Gasteiger partial charge in [0.15, 0.2) is 0 Å². The Bertz CT molecular complexity index is 860. The van der Waals surface area contributed by atoms with E-state index in [4.69, 9.17) is 9.47 Å². The number of thiophene rings is 1. The van der Waals surface area contributed by atoms with Crippen molar-refractivity contribution in [2.45, 2.75) is 12.6 Å². The van der Waals surface area contributed by atoms with Gasteiger partial charge >= 0.3 is 0 Å². The molecule has 5 heteroatoms. The maximum atomic E-state index is 5.53. The van der Waals surface area contributed by atoms with Crippen molar-refractivity contribution in [2.75, 3.05) is 40.0 Å². The summed E-state index contributed by atoms with van der Waals surface area (Å²) in [5.74, 6) is 0.901. The molecule has 2 aromatic carbocycles. The molecule has 1 fully saturated rings. The van der Waals surface area contributed by atoms with Crippen molar-refractivity contribution in [1.82, 2.24) is 10.2 Å². The summed E-state index contributed by atoms with van der Waals surface area (Å²) in [5, 5.41) is 8.30. The molecule has 0 radical (unpaired) electrons. The van der Waals surface area contributed by atoms with Crippen LogP contribution in [-0.4, -0.2) is 44.9 Å². The second-order valence-electron chi connectivity index (χ2n) is 6.86. The summed E-state index contributed by atoms with van der Waals surface area (Å²) in [4.78, 5) is 3.96. The van der Waals surface area contributed by atoms with E-state index in [1.54, 1.807) is 7.11 Å². The zero-order valence-electron chi connectivity index (χ0n) is 15.7. The lowest BCUT2D eigenvalue weighted by molar-refractivity contribution is 0.0168. The van der Waals surface area contributed by atoms with Crippen molar-refractivity contribution in [2.24, 2.45) is 0 Å². The van der Waals surface area contributed by atoms with Crippen LogP contribution in [0.4, 0.5) is 0 Å². The Morgan fingerprint density at radius 2 is 1.93 bits per heavy atom. The Hall–Kier alpha value is -1.92. The fraction of sp³-hybridized carbons (Fsp3) is 0.364. The predicted octanol–water partition coefficient (Wildman–Crippen LogP) is 4.07. The Morgan fingerprint density at radius 1 is 1.11 bits per heavy atom. The lowest BCUT2D eigenvalue weighted by Gasteiger charge is -2.34. The summed E-state index contributed by atoms with van der Waals surface area (Å²) in [7, 11) is 1.71. The fourth-order valence-electron chi connectivity index (χ4n) is 3.64. The molecule has 3 aromatic rings. The van der Waals surface area contributed by atoms with Gasteiger partial charge in [-0.3, -0.25) is 4.90 Å². The first kappa shape index (κ1) is 18.4. The summed E-state index contributed by atoms with van der Waals surface area (Å²) in [6, 6.07) is 17.7. The zero-order valence-corrected chi connectivity index (χ0v) is 16.5. The van der Waals surface area contributed by atoms with Gasteiger partial charge in [-0.1, -0.05) is 24.3 Å². The summed E-state index contributed by atoms with van der Waals surface area (Å²) in [5.41, 5.74) is 1.31. The van der Waals surface area contributed by atoms with E-state index >= 15 is 0 Å². The number of morpholine rings is 1. The largest absolute Gasteiger partial charge is 0.497 e. The van der Waals surface area contributed by atoms with E-state index in [1.807, 2.05) is 17.4 Å². The van der Waals surface area contributed by atoms with Crippen LogP contribution >= 0.6 is 11.3 Å². The SMILES string of the molecule is COc1ccc2cc(CNC[C@H](c3cccs3)N3CCOCC3)ccc2c1. The number of fused-ring (bicyclic) bond motifs is 1. The van der Waals surface area contributed by atoms with Crippen molar-refractivity contribution in [3.63, 3.8) is 0 Å². The molecule has 0 saturated carbocycles. The van der Waals surface area contributed by atoms with Crippen LogP contribution in [0, 0.1) is 0 Å². The molecular weight excluding hydrogens is 356 g/mol. The molecule has 27 heavy (non-hydrogen) atoms. The van der Waals surface area contributed by atoms with Gasteiger partial charge in [-0.25, -0.2) is 0 Å². The topological polar surface area (TPSA) is 33.7 Å². The lowest BCUT2D eigenvalue weighted by Crippen LogP contribution is -2.42. The number of methoxy groups -OCH3 is 1. The Morgan fingerprint density at radius 3 is 2.70 bits per heavy atom. The average molecular weight is 383 g/mol. The molecule has 1 saturated heterocycles. The molecule has 1 aliphatic heterocycles. The minimum atomic E-state index is 0.415. The monoisotopic (exact) mass is 382 g/mol. The van der Waals surface area contributed by atoms with Gasteiger partial charge in [-0.05, 0) is 46.0 Å². The van der Waals surface area contributed by atoms with Gasteiger partial charge in [0.1, 0.15) is 5.75 Å². The molecule has 0 bridgehead atoms. The number of nitrogens with one attached hydrogen (secondary N) is 1. The molecule has 1 aromatic heterocycles. The summed E-state index contributed by atoms with van der Waals surface area (Å²) < 4.78 is 10.8. The van der Waals surface area contributed by atoms with Crippen molar-refractivity contribution in [3.8, 4) is 5.75 Å². The second kappa shape index (κ2) is 8.85. The summed E-state index contributed by atoms with van der Waals surface area (Å²) in [6.45, 7) is 5.48. The third kappa shape index (κ3) is 4.50. The summed E-state index contributed by atoms with van der Waals surface area (Å²) >= 11 is 1.84. The van der Waals surface area contributed by atoms with Gasteiger partial charge in [-0.2, -0.15) is 0 Å². The van der Waals surface area contributed by atoms with Crippen molar-refractivity contribution in [1.29, 1.82) is 0 Å². The molecule has 2 heterocycles.